The number of carbonyl (C=O) groups excluding carboxylic acids is 2. The van der Waals surface area contributed by atoms with Gasteiger partial charge in [0, 0.05) is 38.0 Å². The normalized spacial score (nSPS) is 32.5. The van der Waals surface area contributed by atoms with Crippen LogP contribution in [0.5, 0.6) is 0 Å². The number of nitrogens with one attached hydrogen (secondary N) is 1. The standard InChI is InChI=1S/C9H15N3O2/c10-6-3-9(14)12(4-6)5-7-1-2-8(13)11-7/h6-7H,1-5,10H2,(H,11,13)/t6?,7-/m1/s1. The maximum atomic E-state index is 11.4. The van der Waals surface area contributed by atoms with Crippen molar-refractivity contribution in [3.8, 4) is 0 Å². The van der Waals surface area contributed by atoms with Gasteiger partial charge < -0.3 is 16.0 Å². The Morgan fingerprint density at radius 2 is 2.29 bits per heavy atom. The fourth-order valence-electron chi connectivity index (χ4n) is 2.06. The predicted octanol–water partition coefficient (Wildman–Crippen LogP) is -1.18. The number of likely N-dealkylation sites (tertiary alicyclic amines) is 1. The molecule has 1 unspecified atom stereocenters. The van der Waals surface area contributed by atoms with Gasteiger partial charge in [0.15, 0.2) is 0 Å². The molecule has 14 heavy (non-hydrogen) atoms. The molecule has 2 saturated heterocycles. The number of carbonyl (C=O) groups is 2. The summed E-state index contributed by atoms with van der Waals surface area (Å²) in [5, 5.41) is 2.84. The topological polar surface area (TPSA) is 75.4 Å². The Morgan fingerprint density at radius 3 is 2.79 bits per heavy atom. The number of hydrogen-bond donors (Lipinski definition) is 2. The second-order valence-corrected chi connectivity index (χ2v) is 4.07. The van der Waals surface area contributed by atoms with Crippen LogP contribution in [0.4, 0.5) is 0 Å². The van der Waals surface area contributed by atoms with Gasteiger partial charge in [-0.2, -0.15) is 0 Å². The van der Waals surface area contributed by atoms with Gasteiger partial charge in [-0.25, -0.2) is 0 Å². The summed E-state index contributed by atoms with van der Waals surface area (Å²) in [6.07, 6.45) is 1.86. The highest BCUT2D eigenvalue weighted by molar-refractivity contribution is 5.80. The van der Waals surface area contributed by atoms with Gasteiger partial charge in [0.1, 0.15) is 0 Å². The van der Waals surface area contributed by atoms with Crippen LogP contribution in [-0.2, 0) is 9.59 Å². The van der Waals surface area contributed by atoms with Gasteiger partial charge >= 0.3 is 0 Å². The quantitative estimate of drug-likeness (QED) is 0.585. The molecule has 5 nitrogen and oxygen atoms in total. The first-order valence-corrected chi connectivity index (χ1v) is 4.98. The third kappa shape index (κ3) is 1.87. The molecule has 2 rings (SSSR count). The highest BCUT2D eigenvalue weighted by Crippen LogP contribution is 2.13. The first-order chi connectivity index (χ1) is 6.65. The van der Waals surface area contributed by atoms with E-state index in [2.05, 4.69) is 5.32 Å². The van der Waals surface area contributed by atoms with Crippen LogP contribution in [0.3, 0.4) is 0 Å². The molecule has 0 saturated carbocycles. The van der Waals surface area contributed by atoms with Crippen molar-refractivity contribution in [3.05, 3.63) is 0 Å². The van der Waals surface area contributed by atoms with Gasteiger partial charge in [-0.15, -0.1) is 0 Å². The van der Waals surface area contributed by atoms with Crippen molar-refractivity contribution in [1.29, 1.82) is 0 Å². The summed E-state index contributed by atoms with van der Waals surface area (Å²) in [5.74, 6) is 0.199. The van der Waals surface area contributed by atoms with E-state index >= 15 is 0 Å². The lowest BCUT2D eigenvalue weighted by molar-refractivity contribution is -0.128. The summed E-state index contributed by atoms with van der Waals surface area (Å²) >= 11 is 0. The van der Waals surface area contributed by atoms with E-state index < -0.39 is 0 Å². The van der Waals surface area contributed by atoms with Crippen molar-refractivity contribution in [2.24, 2.45) is 5.73 Å². The van der Waals surface area contributed by atoms with E-state index in [1.807, 2.05) is 0 Å². The third-order valence-corrected chi connectivity index (χ3v) is 2.77. The Kier molecular flexibility index (Phi) is 2.41. The summed E-state index contributed by atoms with van der Waals surface area (Å²) in [7, 11) is 0. The summed E-state index contributed by atoms with van der Waals surface area (Å²) in [5.41, 5.74) is 5.67. The van der Waals surface area contributed by atoms with E-state index in [1.165, 1.54) is 0 Å². The van der Waals surface area contributed by atoms with Gasteiger partial charge in [0.2, 0.25) is 11.8 Å². The van der Waals surface area contributed by atoms with Crippen LogP contribution in [0.2, 0.25) is 0 Å². The minimum Gasteiger partial charge on any atom is -0.352 e. The first-order valence-electron chi connectivity index (χ1n) is 4.98. The van der Waals surface area contributed by atoms with E-state index in [0.29, 0.717) is 25.9 Å². The molecule has 0 aliphatic carbocycles. The lowest BCUT2D eigenvalue weighted by atomic mass is 10.2. The molecular weight excluding hydrogens is 182 g/mol. The third-order valence-electron chi connectivity index (χ3n) is 2.77. The van der Waals surface area contributed by atoms with E-state index in [0.717, 1.165) is 6.42 Å². The maximum Gasteiger partial charge on any atom is 0.224 e. The Hall–Kier alpha value is -1.10. The molecule has 2 heterocycles. The predicted molar refractivity (Wildman–Crippen MR) is 50.3 cm³/mol. The maximum absolute atomic E-state index is 11.4. The molecule has 2 atom stereocenters. The molecule has 0 aromatic carbocycles. The number of nitrogens with zero attached hydrogens (tertiary/aromatic N) is 1. The SMILES string of the molecule is NC1CC(=O)N(C[C@H]2CCC(=O)N2)C1. The van der Waals surface area contributed by atoms with Gasteiger partial charge in [-0.05, 0) is 6.42 Å². The minimum absolute atomic E-state index is 0.0281. The smallest absolute Gasteiger partial charge is 0.224 e. The molecule has 5 heteroatoms. The molecule has 0 bridgehead atoms. The van der Waals surface area contributed by atoms with Crippen molar-refractivity contribution >= 4 is 11.8 Å². The summed E-state index contributed by atoms with van der Waals surface area (Å²) < 4.78 is 0. The van der Waals surface area contributed by atoms with Gasteiger partial charge in [-0.1, -0.05) is 0 Å². The lowest BCUT2D eigenvalue weighted by Gasteiger charge is -2.20. The largest absolute Gasteiger partial charge is 0.352 e. The Labute approximate surface area is 82.6 Å². The summed E-state index contributed by atoms with van der Waals surface area (Å²) in [6.45, 7) is 1.25. The summed E-state index contributed by atoms with van der Waals surface area (Å²) in [4.78, 5) is 24.1. The van der Waals surface area contributed by atoms with Crippen LogP contribution in [0.15, 0.2) is 0 Å². The van der Waals surface area contributed by atoms with Gasteiger partial charge in [-0.3, -0.25) is 9.59 Å². The Morgan fingerprint density at radius 1 is 1.50 bits per heavy atom. The Balaban J connectivity index is 1.86. The van der Waals surface area contributed by atoms with Crippen LogP contribution in [0.1, 0.15) is 19.3 Å². The molecule has 78 valence electrons. The number of hydrogen-bond acceptors (Lipinski definition) is 3. The first kappa shape index (κ1) is 9.45. The Bertz CT molecular complexity index is 267. The van der Waals surface area contributed by atoms with Crippen LogP contribution >= 0.6 is 0 Å². The van der Waals surface area contributed by atoms with Crippen molar-refractivity contribution in [1.82, 2.24) is 10.2 Å². The second-order valence-electron chi connectivity index (χ2n) is 4.07. The molecule has 0 spiro atoms. The van der Waals surface area contributed by atoms with Crippen LogP contribution in [-0.4, -0.2) is 41.9 Å². The van der Waals surface area contributed by atoms with E-state index in [-0.39, 0.29) is 23.9 Å². The highest BCUT2D eigenvalue weighted by atomic mass is 16.2. The molecule has 2 fully saturated rings. The lowest BCUT2D eigenvalue weighted by Crippen LogP contribution is -2.40. The number of rotatable bonds is 2. The van der Waals surface area contributed by atoms with Crippen LogP contribution in [0.25, 0.3) is 0 Å². The zero-order valence-electron chi connectivity index (χ0n) is 8.03. The van der Waals surface area contributed by atoms with Gasteiger partial charge in [0.05, 0.1) is 0 Å². The zero-order valence-corrected chi connectivity index (χ0v) is 8.03. The zero-order chi connectivity index (χ0) is 10.1. The average Bonchev–Trinajstić information content (AvgIpc) is 2.61. The van der Waals surface area contributed by atoms with E-state index in [1.54, 1.807) is 4.90 Å². The van der Waals surface area contributed by atoms with Crippen molar-refractivity contribution in [2.75, 3.05) is 13.1 Å². The molecule has 2 aliphatic rings. The molecule has 2 aliphatic heterocycles. The summed E-state index contributed by atoms with van der Waals surface area (Å²) in [6, 6.07) is 0.108. The minimum atomic E-state index is -0.0281. The number of nitrogens with two attached hydrogens (primary N) is 1. The van der Waals surface area contributed by atoms with Crippen LogP contribution in [0, 0.1) is 0 Å². The fraction of sp³-hybridized carbons (Fsp3) is 0.778. The monoisotopic (exact) mass is 197 g/mol. The fourth-order valence-corrected chi connectivity index (χ4v) is 2.06. The molecule has 0 aromatic rings. The average molecular weight is 197 g/mol. The second kappa shape index (κ2) is 3.57. The highest BCUT2D eigenvalue weighted by Gasteiger charge is 2.30. The molecule has 3 N–H and O–H groups in total. The molecule has 0 radical (unpaired) electrons. The van der Waals surface area contributed by atoms with Gasteiger partial charge in [0.25, 0.3) is 0 Å². The van der Waals surface area contributed by atoms with Crippen molar-refractivity contribution in [3.63, 3.8) is 0 Å². The van der Waals surface area contributed by atoms with E-state index in [4.69, 9.17) is 5.73 Å². The molecule has 2 amide bonds. The number of amides is 2. The van der Waals surface area contributed by atoms with E-state index in [9.17, 15) is 9.59 Å². The van der Waals surface area contributed by atoms with Crippen LogP contribution < -0.4 is 11.1 Å². The van der Waals surface area contributed by atoms with Crippen molar-refractivity contribution < 1.29 is 9.59 Å². The van der Waals surface area contributed by atoms with Crippen molar-refractivity contribution in [2.45, 2.75) is 31.3 Å². The molecule has 0 aromatic heterocycles. The molecular formula is C9H15N3O2.